The SMILES string of the molecule is Cc1oc(C(=O)NN)cc1CN1CC(C)(C)OC(C)(C)C1. The summed E-state index contributed by atoms with van der Waals surface area (Å²) < 4.78 is 11.5. The molecule has 3 N–H and O–H groups in total. The number of hydrogen-bond acceptors (Lipinski definition) is 5. The number of nitrogens with two attached hydrogens (primary N) is 1. The number of carbonyl (C=O) groups excluding carboxylic acids is 1. The van der Waals surface area contributed by atoms with E-state index in [-0.39, 0.29) is 17.0 Å². The van der Waals surface area contributed by atoms with Crippen molar-refractivity contribution in [2.45, 2.75) is 52.4 Å². The first kappa shape index (κ1) is 16.0. The molecule has 6 heteroatoms. The molecule has 6 nitrogen and oxygen atoms in total. The molecule has 0 unspecified atom stereocenters. The molecule has 0 atom stereocenters. The van der Waals surface area contributed by atoms with Gasteiger partial charge in [0.1, 0.15) is 5.76 Å². The fraction of sp³-hybridized carbons (Fsp3) is 0.667. The Morgan fingerprint density at radius 3 is 2.43 bits per heavy atom. The van der Waals surface area contributed by atoms with Gasteiger partial charge in [-0.2, -0.15) is 0 Å². The molecule has 1 aromatic rings. The summed E-state index contributed by atoms with van der Waals surface area (Å²) in [6.45, 7) is 12.6. The van der Waals surface area contributed by atoms with E-state index in [0.717, 1.165) is 31.0 Å². The molecule has 1 aliphatic rings. The number of morpholine rings is 1. The van der Waals surface area contributed by atoms with Crippen LogP contribution in [0.2, 0.25) is 0 Å². The number of nitrogens with zero attached hydrogens (tertiary/aromatic N) is 1. The second-order valence-corrected chi connectivity index (χ2v) is 6.93. The van der Waals surface area contributed by atoms with Gasteiger partial charge in [-0.15, -0.1) is 0 Å². The number of ether oxygens (including phenoxy) is 1. The maximum atomic E-state index is 11.5. The smallest absolute Gasteiger partial charge is 0.300 e. The van der Waals surface area contributed by atoms with Crippen LogP contribution in [0.3, 0.4) is 0 Å². The minimum atomic E-state index is -0.410. The maximum absolute atomic E-state index is 11.5. The molecule has 0 saturated carbocycles. The Morgan fingerprint density at radius 1 is 1.33 bits per heavy atom. The third-order valence-corrected chi connectivity index (χ3v) is 3.53. The predicted molar refractivity (Wildman–Crippen MR) is 79.6 cm³/mol. The highest BCUT2D eigenvalue weighted by Gasteiger charge is 2.38. The van der Waals surface area contributed by atoms with Crippen LogP contribution in [0.15, 0.2) is 10.5 Å². The van der Waals surface area contributed by atoms with Gasteiger partial charge in [-0.3, -0.25) is 15.1 Å². The number of amides is 1. The lowest BCUT2D eigenvalue weighted by Gasteiger charge is -2.47. The molecule has 1 aliphatic heterocycles. The minimum Gasteiger partial charge on any atom is -0.456 e. The van der Waals surface area contributed by atoms with Crippen molar-refractivity contribution in [1.29, 1.82) is 0 Å². The Hall–Kier alpha value is -1.37. The topological polar surface area (TPSA) is 80.7 Å². The van der Waals surface area contributed by atoms with Crippen molar-refractivity contribution in [2.75, 3.05) is 13.1 Å². The number of carbonyl (C=O) groups is 1. The van der Waals surface area contributed by atoms with Gasteiger partial charge in [-0.05, 0) is 40.7 Å². The van der Waals surface area contributed by atoms with Crippen molar-refractivity contribution in [3.05, 3.63) is 23.2 Å². The van der Waals surface area contributed by atoms with Crippen LogP contribution in [0.25, 0.3) is 0 Å². The zero-order valence-corrected chi connectivity index (χ0v) is 13.4. The molecule has 0 spiro atoms. The van der Waals surface area contributed by atoms with Gasteiger partial charge >= 0.3 is 5.91 Å². The molecule has 1 aromatic heterocycles. The fourth-order valence-electron chi connectivity index (χ4n) is 3.16. The summed E-state index contributed by atoms with van der Waals surface area (Å²) >= 11 is 0. The van der Waals surface area contributed by atoms with Crippen LogP contribution >= 0.6 is 0 Å². The summed E-state index contributed by atoms with van der Waals surface area (Å²) in [6, 6.07) is 1.76. The van der Waals surface area contributed by atoms with Gasteiger partial charge in [0, 0.05) is 25.2 Å². The van der Waals surface area contributed by atoms with E-state index in [9.17, 15) is 4.79 Å². The number of rotatable bonds is 3. The van der Waals surface area contributed by atoms with Crippen molar-refractivity contribution < 1.29 is 13.9 Å². The Bertz CT molecular complexity index is 518. The number of aryl methyl sites for hydroxylation is 1. The highest BCUT2D eigenvalue weighted by atomic mass is 16.5. The average Bonchev–Trinajstić information content (AvgIpc) is 2.66. The number of hydrogen-bond donors (Lipinski definition) is 2. The Labute approximate surface area is 125 Å². The van der Waals surface area contributed by atoms with Crippen LogP contribution in [-0.2, 0) is 11.3 Å². The summed E-state index contributed by atoms with van der Waals surface area (Å²) in [7, 11) is 0. The Morgan fingerprint density at radius 2 is 1.90 bits per heavy atom. The van der Waals surface area contributed by atoms with Gasteiger partial charge in [-0.25, -0.2) is 5.84 Å². The zero-order valence-electron chi connectivity index (χ0n) is 13.4. The van der Waals surface area contributed by atoms with Crippen LogP contribution in [0.4, 0.5) is 0 Å². The predicted octanol–water partition coefficient (Wildman–Crippen LogP) is 1.58. The van der Waals surface area contributed by atoms with Crippen LogP contribution < -0.4 is 11.3 Å². The lowest BCUT2D eigenvalue weighted by atomic mass is 9.98. The molecule has 2 heterocycles. The summed E-state index contributed by atoms with van der Waals surface area (Å²) in [5.74, 6) is 5.72. The van der Waals surface area contributed by atoms with Crippen molar-refractivity contribution in [1.82, 2.24) is 10.3 Å². The molecule has 1 amide bonds. The standard InChI is InChI=1S/C15H25N3O3/c1-10-11(6-12(20-10)13(19)17-16)7-18-8-14(2,3)21-15(4,5)9-18/h6H,7-9,16H2,1-5H3,(H,17,19). The van der Waals surface area contributed by atoms with E-state index >= 15 is 0 Å². The van der Waals surface area contributed by atoms with E-state index in [1.165, 1.54) is 0 Å². The van der Waals surface area contributed by atoms with Gasteiger partial charge in [0.05, 0.1) is 11.2 Å². The first-order valence-corrected chi connectivity index (χ1v) is 7.15. The van der Waals surface area contributed by atoms with Gasteiger partial charge < -0.3 is 9.15 Å². The number of furan rings is 1. The third kappa shape index (κ3) is 3.84. The minimum absolute atomic E-state index is 0.198. The quantitative estimate of drug-likeness (QED) is 0.503. The second kappa shape index (κ2) is 5.44. The maximum Gasteiger partial charge on any atom is 0.300 e. The van der Waals surface area contributed by atoms with Crippen LogP contribution in [0.5, 0.6) is 0 Å². The molecule has 2 rings (SSSR count). The van der Waals surface area contributed by atoms with Crippen molar-refractivity contribution in [3.63, 3.8) is 0 Å². The van der Waals surface area contributed by atoms with Crippen LogP contribution in [0.1, 0.15) is 49.6 Å². The number of nitrogens with one attached hydrogen (secondary N) is 1. The van der Waals surface area contributed by atoms with Crippen molar-refractivity contribution >= 4 is 5.91 Å². The summed E-state index contributed by atoms with van der Waals surface area (Å²) in [5, 5.41) is 0. The molecule has 118 valence electrons. The van der Waals surface area contributed by atoms with Crippen molar-refractivity contribution in [2.24, 2.45) is 5.84 Å². The van der Waals surface area contributed by atoms with E-state index in [1.807, 2.05) is 6.92 Å². The van der Waals surface area contributed by atoms with Crippen LogP contribution in [-0.4, -0.2) is 35.1 Å². The van der Waals surface area contributed by atoms with Gasteiger partial charge in [0.2, 0.25) is 0 Å². The lowest BCUT2D eigenvalue weighted by molar-refractivity contribution is -0.182. The number of nitrogen functional groups attached to an aromatic ring is 1. The van der Waals surface area contributed by atoms with E-state index in [2.05, 4.69) is 38.0 Å². The zero-order chi connectivity index (χ0) is 15.8. The van der Waals surface area contributed by atoms with Crippen LogP contribution in [0, 0.1) is 6.92 Å². The van der Waals surface area contributed by atoms with Gasteiger partial charge in [0.15, 0.2) is 5.76 Å². The monoisotopic (exact) mass is 295 g/mol. The van der Waals surface area contributed by atoms with Gasteiger partial charge in [-0.1, -0.05) is 0 Å². The Kier molecular flexibility index (Phi) is 4.15. The molecule has 0 radical (unpaired) electrons. The largest absolute Gasteiger partial charge is 0.456 e. The molecular formula is C15H25N3O3. The highest BCUT2D eigenvalue weighted by molar-refractivity contribution is 5.91. The molecule has 1 fully saturated rings. The molecule has 0 aliphatic carbocycles. The average molecular weight is 295 g/mol. The molecule has 21 heavy (non-hydrogen) atoms. The van der Waals surface area contributed by atoms with E-state index in [1.54, 1.807) is 6.07 Å². The van der Waals surface area contributed by atoms with E-state index < -0.39 is 5.91 Å². The molecule has 0 aromatic carbocycles. The molecule has 1 saturated heterocycles. The molecule has 0 bridgehead atoms. The first-order chi connectivity index (χ1) is 9.62. The van der Waals surface area contributed by atoms with E-state index in [4.69, 9.17) is 15.0 Å². The Balaban J connectivity index is 2.14. The summed E-state index contributed by atoms with van der Waals surface area (Å²) in [6.07, 6.45) is 0. The first-order valence-electron chi connectivity index (χ1n) is 7.15. The molecular weight excluding hydrogens is 270 g/mol. The van der Waals surface area contributed by atoms with E-state index in [0.29, 0.717) is 0 Å². The lowest BCUT2D eigenvalue weighted by Crippen LogP contribution is -2.56. The second-order valence-electron chi connectivity index (χ2n) is 6.93. The number of hydrazine groups is 1. The summed E-state index contributed by atoms with van der Waals surface area (Å²) in [4.78, 5) is 13.8. The summed E-state index contributed by atoms with van der Waals surface area (Å²) in [5.41, 5.74) is 2.69. The third-order valence-electron chi connectivity index (χ3n) is 3.53. The fourth-order valence-corrected chi connectivity index (χ4v) is 3.16. The van der Waals surface area contributed by atoms with Crippen molar-refractivity contribution in [3.8, 4) is 0 Å². The normalized spacial score (nSPS) is 21.2. The highest BCUT2D eigenvalue weighted by Crippen LogP contribution is 2.29. The van der Waals surface area contributed by atoms with Gasteiger partial charge in [0.25, 0.3) is 0 Å².